The van der Waals surface area contributed by atoms with E-state index >= 15 is 0 Å². The highest BCUT2D eigenvalue weighted by molar-refractivity contribution is 9.11. The second kappa shape index (κ2) is 4.29. The molecule has 1 atom stereocenters. The molecular formula is C8H8Br2N2O2. The van der Waals surface area contributed by atoms with Gasteiger partial charge < -0.3 is 16.6 Å². The van der Waals surface area contributed by atoms with Gasteiger partial charge in [0, 0.05) is 14.5 Å². The molecule has 6 heteroatoms. The first-order chi connectivity index (χ1) is 6.43. The highest BCUT2D eigenvalue weighted by Crippen LogP contribution is 2.31. The van der Waals surface area contributed by atoms with Gasteiger partial charge in [0.15, 0.2) is 0 Å². The third-order valence-electron chi connectivity index (χ3n) is 1.73. The van der Waals surface area contributed by atoms with Crippen LogP contribution in [0.4, 0.5) is 5.69 Å². The average Bonchev–Trinajstić information content (AvgIpc) is 2.09. The zero-order valence-electron chi connectivity index (χ0n) is 7.00. The van der Waals surface area contributed by atoms with Crippen LogP contribution in [0, 0.1) is 0 Å². The first-order valence-corrected chi connectivity index (χ1v) is 5.25. The Morgan fingerprint density at radius 1 is 1.43 bits per heavy atom. The Labute approximate surface area is 97.5 Å². The molecule has 0 fully saturated rings. The Balaban J connectivity index is 3.26. The molecule has 1 aromatic rings. The van der Waals surface area contributed by atoms with Crippen LogP contribution < -0.4 is 11.5 Å². The van der Waals surface area contributed by atoms with Crippen LogP contribution in [0.1, 0.15) is 11.6 Å². The number of nitrogen functional groups attached to an aromatic ring is 1. The molecule has 0 aliphatic carbocycles. The van der Waals surface area contributed by atoms with Gasteiger partial charge in [-0.1, -0.05) is 15.9 Å². The lowest BCUT2D eigenvalue weighted by Gasteiger charge is -2.11. The normalized spacial score (nSPS) is 12.5. The average molecular weight is 324 g/mol. The lowest BCUT2D eigenvalue weighted by atomic mass is 10.1. The van der Waals surface area contributed by atoms with Gasteiger partial charge >= 0.3 is 5.97 Å². The number of halogens is 2. The molecule has 0 radical (unpaired) electrons. The van der Waals surface area contributed by atoms with E-state index in [1.54, 1.807) is 12.1 Å². The van der Waals surface area contributed by atoms with Crippen molar-refractivity contribution < 1.29 is 9.90 Å². The van der Waals surface area contributed by atoms with Crippen molar-refractivity contribution in [2.24, 2.45) is 5.73 Å². The fraction of sp³-hybridized carbons (Fsp3) is 0.125. The molecule has 0 unspecified atom stereocenters. The summed E-state index contributed by atoms with van der Waals surface area (Å²) in [5.41, 5.74) is 11.9. The monoisotopic (exact) mass is 322 g/mol. The van der Waals surface area contributed by atoms with Crippen molar-refractivity contribution in [3.05, 3.63) is 26.6 Å². The molecule has 0 saturated heterocycles. The minimum absolute atomic E-state index is 0.350. The number of carboxylic acid groups (broad SMARTS) is 1. The summed E-state index contributed by atoms with van der Waals surface area (Å²) in [6.07, 6.45) is 0. The smallest absolute Gasteiger partial charge is 0.325 e. The lowest BCUT2D eigenvalue weighted by molar-refractivity contribution is -0.138. The molecule has 1 aromatic carbocycles. The zero-order valence-corrected chi connectivity index (χ0v) is 10.2. The molecule has 0 aliphatic rings. The summed E-state index contributed by atoms with van der Waals surface area (Å²) in [5, 5.41) is 8.73. The third-order valence-corrected chi connectivity index (χ3v) is 2.84. The largest absolute Gasteiger partial charge is 0.480 e. The van der Waals surface area contributed by atoms with Gasteiger partial charge in [0.1, 0.15) is 6.04 Å². The van der Waals surface area contributed by atoms with E-state index < -0.39 is 12.0 Å². The van der Waals surface area contributed by atoms with Crippen LogP contribution in [0.3, 0.4) is 0 Å². The first kappa shape index (κ1) is 11.5. The number of rotatable bonds is 2. The molecule has 0 saturated carbocycles. The van der Waals surface area contributed by atoms with E-state index in [4.69, 9.17) is 16.6 Å². The second-order valence-corrected chi connectivity index (χ2v) is 4.48. The van der Waals surface area contributed by atoms with Gasteiger partial charge in [-0.05, 0) is 28.1 Å². The zero-order chi connectivity index (χ0) is 10.9. The highest BCUT2D eigenvalue weighted by Gasteiger charge is 2.18. The molecule has 4 nitrogen and oxygen atoms in total. The standard InChI is InChI=1S/C8H8Br2N2O2/c9-3-1-4(7(12)8(13)14)6(11)5(10)2-3/h1-2,7H,11-12H2,(H,13,14)/t7-/m0/s1. The number of nitrogens with two attached hydrogens (primary N) is 2. The first-order valence-electron chi connectivity index (χ1n) is 3.66. The van der Waals surface area contributed by atoms with Crippen LogP contribution in [-0.4, -0.2) is 11.1 Å². The minimum atomic E-state index is -1.11. The van der Waals surface area contributed by atoms with E-state index in [1.165, 1.54) is 0 Å². The van der Waals surface area contributed by atoms with E-state index in [0.717, 1.165) is 4.47 Å². The molecule has 14 heavy (non-hydrogen) atoms. The summed E-state index contributed by atoms with van der Waals surface area (Å²) in [7, 11) is 0. The summed E-state index contributed by atoms with van der Waals surface area (Å²) in [4.78, 5) is 10.7. The van der Waals surface area contributed by atoms with Crippen LogP contribution >= 0.6 is 31.9 Å². The van der Waals surface area contributed by atoms with Crippen LogP contribution in [0.15, 0.2) is 21.1 Å². The molecule has 0 bridgehead atoms. The van der Waals surface area contributed by atoms with E-state index in [9.17, 15) is 4.79 Å². The Morgan fingerprint density at radius 2 is 2.00 bits per heavy atom. The maximum Gasteiger partial charge on any atom is 0.325 e. The molecule has 1 rings (SSSR count). The van der Waals surface area contributed by atoms with Crippen LogP contribution in [0.5, 0.6) is 0 Å². The Hall–Kier alpha value is -0.590. The Bertz CT molecular complexity index is 382. The van der Waals surface area contributed by atoms with E-state index in [0.29, 0.717) is 15.7 Å². The molecule has 5 N–H and O–H groups in total. The van der Waals surface area contributed by atoms with Gasteiger partial charge in [0.25, 0.3) is 0 Å². The summed E-state index contributed by atoms with van der Waals surface area (Å²) in [5.74, 6) is -1.11. The topological polar surface area (TPSA) is 89.3 Å². The number of benzene rings is 1. The van der Waals surface area contributed by atoms with Crippen molar-refractivity contribution >= 4 is 43.5 Å². The van der Waals surface area contributed by atoms with Crippen LogP contribution in [-0.2, 0) is 4.79 Å². The van der Waals surface area contributed by atoms with E-state index in [1.807, 2.05) is 0 Å². The van der Waals surface area contributed by atoms with Gasteiger partial charge in [0.2, 0.25) is 0 Å². The van der Waals surface area contributed by atoms with Crippen molar-refractivity contribution in [2.75, 3.05) is 5.73 Å². The van der Waals surface area contributed by atoms with E-state index in [2.05, 4.69) is 31.9 Å². The molecule has 0 spiro atoms. The number of carboxylic acids is 1. The van der Waals surface area contributed by atoms with Gasteiger partial charge in [-0.2, -0.15) is 0 Å². The minimum Gasteiger partial charge on any atom is -0.480 e. The highest BCUT2D eigenvalue weighted by atomic mass is 79.9. The number of hydrogen-bond donors (Lipinski definition) is 3. The molecular weight excluding hydrogens is 316 g/mol. The summed E-state index contributed by atoms with van der Waals surface area (Å²) in [6, 6.07) is 2.22. The Kier molecular flexibility index (Phi) is 3.52. The van der Waals surface area contributed by atoms with Gasteiger partial charge in [-0.15, -0.1) is 0 Å². The van der Waals surface area contributed by atoms with Crippen LogP contribution in [0.2, 0.25) is 0 Å². The maximum atomic E-state index is 10.7. The van der Waals surface area contributed by atoms with Crippen molar-refractivity contribution in [3.63, 3.8) is 0 Å². The van der Waals surface area contributed by atoms with Gasteiger partial charge in [-0.3, -0.25) is 4.79 Å². The SMILES string of the molecule is Nc1c(Br)cc(Br)cc1[C@H](N)C(=O)O. The fourth-order valence-corrected chi connectivity index (χ4v) is 2.25. The molecule has 0 aromatic heterocycles. The number of carbonyl (C=O) groups is 1. The van der Waals surface area contributed by atoms with Crippen molar-refractivity contribution in [1.82, 2.24) is 0 Å². The summed E-state index contributed by atoms with van der Waals surface area (Å²) >= 11 is 6.44. The molecule has 76 valence electrons. The number of aliphatic carboxylic acids is 1. The molecule has 0 heterocycles. The van der Waals surface area contributed by atoms with Crippen molar-refractivity contribution in [3.8, 4) is 0 Å². The third kappa shape index (κ3) is 2.26. The van der Waals surface area contributed by atoms with Crippen molar-refractivity contribution in [2.45, 2.75) is 6.04 Å². The van der Waals surface area contributed by atoms with Gasteiger partial charge in [-0.25, -0.2) is 0 Å². The summed E-state index contributed by atoms with van der Waals surface area (Å²) < 4.78 is 1.35. The lowest BCUT2D eigenvalue weighted by Crippen LogP contribution is -2.22. The predicted molar refractivity (Wildman–Crippen MR) is 60.8 cm³/mol. The van der Waals surface area contributed by atoms with Gasteiger partial charge in [0.05, 0.1) is 5.69 Å². The molecule has 0 aliphatic heterocycles. The maximum absolute atomic E-state index is 10.7. The van der Waals surface area contributed by atoms with Crippen LogP contribution in [0.25, 0.3) is 0 Å². The summed E-state index contributed by atoms with van der Waals surface area (Å²) in [6.45, 7) is 0. The number of hydrogen-bond acceptors (Lipinski definition) is 3. The molecule has 0 amide bonds. The Morgan fingerprint density at radius 3 is 2.50 bits per heavy atom. The fourth-order valence-electron chi connectivity index (χ4n) is 0.995. The second-order valence-electron chi connectivity index (χ2n) is 2.71. The predicted octanol–water partition coefficient (Wildman–Crippen LogP) is 1.88. The van der Waals surface area contributed by atoms with Crippen molar-refractivity contribution in [1.29, 1.82) is 0 Å². The number of anilines is 1. The quantitative estimate of drug-likeness (QED) is 0.725. The van der Waals surface area contributed by atoms with E-state index in [-0.39, 0.29) is 0 Å².